The van der Waals surface area contributed by atoms with Crippen LogP contribution in [0.4, 0.5) is 29.3 Å². The Kier molecular flexibility index (Phi) is 5.03. The van der Waals surface area contributed by atoms with Crippen LogP contribution >= 0.6 is 0 Å². The Morgan fingerprint density at radius 1 is 0.815 bits per heavy atom. The zero-order valence-corrected chi connectivity index (χ0v) is 13.9. The largest absolute Gasteiger partial charge is 0.505 e. The van der Waals surface area contributed by atoms with Gasteiger partial charge in [-0.3, -0.25) is 0 Å². The van der Waals surface area contributed by atoms with Crippen molar-refractivity contribution in [2.45, 2.75) is 6.18 Å². The maximum Gasteiger partial charge on any atom is 0.416 e. The van der Waals surface area contributed by atoms with Crippen molar-refractivity contribution in [3.63, 3.8) is 0 Å². The summed E-state index contributed by atoms with van der Waals surface area (Å²) in [6.45, 7) is 0. The molecule has 0 heterocycles. The van der Waals surface area contributed by atoms with Crippen molar-refractivity contribution in [2.75, 3.05) is 10.6 Å². The molecule has 0 saturated heterocycles. The second-order valence-corrected chi connectivity index (χ2v) is 5.72. The summed E-state index contributed by atoms with van der Waals surface area (Å²) in [7, 11) is 0. The van der Waals surface area contributed by atoms with Crippen molar-refractivity contribution < 1.29 is 23.1 Å². The topological polar surface area (TPSA) is 61.4 Å². The lowest BCUT2D eigenvalue weighted by molar-refractivity contribution is -0.137. The number of alkyl halides is 3. The Balaban J connectivity index is 1.73. The van der Waals surface area contributed by atoms with E-state index in [0.29, 0.717) is 5.56 Å². The van der Waals surface area contributed by atoms with Crippen LogP contribution in [0.15, 0.2) is 72.8 Å². The van der Waals surface area contributed by atoms with Gasteiger partial charge in [0.25, 0.3) is 0 Å². The third-order valence-corrected chi connectivity index (χ3v) is 3.84. The van der Waals surface area contributed by atoms with Gasteiger partial charge in [-0.25, -0.2) is 4.79 Å². The molecule has 27 heavy (non-hydrogen) atoms. The monoisotopic (exact) mass is 372 g/mol. The van der Waals surface area contributed by atoms with Crippen molar-refractivity contribution in [1.82, 2.24) is 0 Å². The molecule has 0 aliphatic carbocycles. The van der Waals surface area contributed by atoms with Crippen molar-refractivity contribution in [1.29, 1.82) is 0 Å². The van der Waals surface area contributed by atoms with Crippen molar-refractivity contribution in [3.05, 3.63) is 78.4 Å². The quantitative estimate of drug-likeness (QED) is 0.515. The highest BCUT2D eigenvalue weighted by Gasteiger charge is 2.30. The van der Waals surface area contributed by atoms with Gasteiger partial charge in [0, 0.05) is 11.3 Å². The van der Waals surface area contributed by atoms with E-state index in [1.54, 1.807) is 12.1 Å². The first-order chi connectivity index (χ1) is 12.8. The minimum absolute atomic E-state index is 0.105. The van der Waals surface area contributed by atoms with Crippen LogP contribution in [0.1, 0.15) is 5.56 Å². The van der Waals surface area contributed by atoms with Crippen LogP contribution in [0.5, 0.6) is 5.75 Å². The molecule has 0 bridgehead atoms. The first kappa shape index (κ1) is 18.3. The highest BCUT2D eigenvalue weighted by molar-refractivity contribution is 6.01. The van der Waals surface area contributed by atoms with Crippen LogP contribution in [0, 0.1) is 0 Å². The number of hydrogen-bond acceptors (Lipinski definition) is 2. The molecule has 0 atom stereocenters. The third kappa shape index (κ3) is 4.38. The predicted octanol–water partition coefficient (Wildman–Crippen LogP) is 5.72. The number of para-hydroxylation sites is 1. The molecular weight excluding hydrogens is 357 g/mol. The Bertz CT molecular complexity index is 940. The highest BCUT2D eigenvalue weighted by atomic mass is 19.4. The van der Waals surface area contributed by atoms with Gasteiger partial charge in [0.05, 0.1) is 11.3 Å². The van der Waals surface area contributed by atoms with Crippen LogP contribution in [0.3, 0.4) is 0 Å². The summed E-state index contributed by atoms with van der Waals surface area (Å²) in [5.41, 5.74) is 0.895. The lowest BCUT2D eigenvalue weighted by Gasteiger charge is -2.12. The van der Waals surface area contributed by atoms with E-state index in [4.69, 9.17) is 0 Å². The number of amides is 2. The van der Waals surface area contributed by atoms with Gasteiger partial charge in [0.15, 0.2) is 0 Å². The molecule has 2 amide bonds. The molecule has 4 nitrogen and oxygen atoms in total. The predicted molar refractivity (Wildman–Crippen MR) is 97.6 cm³/mol. The fourth-order valence-electron chi connectivity index (χ4n) is 2.52. The van der Waals surface area contributed by atoms with Crippen LogP contribution in [0.25, 0.3) is 11.1 Å². The fourth-order valence-corrected chi connectivity index (χ4v) is 2.52. The van der Waals surface area contributed by atoms with E-state index in [9.17, 15) is 23.1 Å². The molecule has 0 aliphatic rings. The van der Waals surface area contributed by atoms with E-state index in [2.05, 4.69) is 10.6 Å². The van der Waals surface area contributed by atoms with Crippen LogP contribution < -0.4 is 10.6 Å². The first-order valence-corrected chi connectivity index (χ1v) is 7.97. The molecule has 3 N–H and O–H groups in total. The maximum absolute atomic E-state index is 12.6. The number of carbonyl (C=O) groups is 1. The molecule has 138 valence electrons. The van der Waals surface area contributed by atoms with Crippen molar-refractivity contribution in [2.24, 2.45) is 0 Å². The lowest BCUT2D eigenvalue weighted by Crippen LogP contribution is -2.19. The zero-order chi connectivity index (χ0) is 19.4. The molecule has 7 heteroatoms. The van der Waals surface area contributed by atoms with Gasteiger partial charge in [0.1, 0.15) is 5.75 Å². The summed E-state index contributed by atoms with van der Waals surface area (Å²) < 4.78 is 37.7. The number of benzene rings is 3. The average molecular weight is 372 g/mol. The number of phenols is 1. The molecule has 3 rings (SSSR count). The van der Waals surface area contributed by atoms with Crippen LogP contribution in [-0.2, 0) is 6.18 Å². The molecule has 0 fully saturated rings. The standard InChI is InChI=1S/C20H15F3N2O2/c21-20(22,23)14-9-11-15(12-10-14)24-19(27)25-17-8-4-7-16(18(17)26)13-5-2-1-3-6-13/h1-12,26H,(H2,24,25,27). The van der Waals surface area contributed by atoms with Crippen molar-refractivity contribution in [3.8, 4) is 16.9 Å². The van der Waals surface area contributed by atoms with E-state index in [0.717, 1.165) is 29.8 Å². The molecule has 3 aromatic rings. The number of rotatable bonds is 3. The highest BCUT2D eigenvalue weighted by Crippen LogP contribution is 2.35. The van der Waals surface area contributed by atoms with E-state index >= 15 is 0 Å². The smallest absolute Gasteiger partial charge is 0.416 e. The Hall–Kier alpha value is -3.48. The number of carbonyl (C=O) groups excluding carboxylic acids is 1. The van der Waals surface area contributed by atoms with Gasteiger partial charge >= 0.3 is 12.2 Å². The number of aromatic hydroxyl groups is 1. The molecule has 0 saturated carbocycles. The van der Waals surface area contributed by atoms with Gasteiger partial charge in [-0.05, 0) is 35.9 Å². The van der Waals surface area contributed by atoms with Gasteiger partial charge in [0.2, 0.25) is 0 Å². The number of halogens is 3. The first-order valence-electron chi connectivity index (χ1n) is 7.97. The Morgan fingerprint density at radius 2 is 1.48 bits per heavy atom. The lowest BCUT2D eigenvalue weighted by atomic mass is 10.0. The number of nitrogens with one attached hydrogen (secondary N) is 2. The Morgan fingerprint density at radius 3 is 2.11 bits per heavy atom. The molecular formula is C20H15F3N2O2. The van der Waals surface area contributed by atoms with Gasteiger partial charge < -0.3 is 15.7 Å². The number of urea groups is 1. The maximum atomic E-state index is 12.6. The van der Waals surface area contributed by atoms with E-state index in [-0.39, 0.29) is 17.1 Å². The zero-order valence-electron chi connectivity index (χ0n) is 13.9. The summed E-state index contributed by atoms with van der Waals surface area (Å²) in [6, 6.07) is 17.4. The van der Waals surface area contributed by atoms with Gasteiger partial charge in [-0.2, -0.15) is 13.2 Å². The van der Waals surface area contributed by atoms with E-state index in [1.807, 2.05) is 30.3 Å². The molecule has 0 spiro atoms. The molecule has 0 aliphatic heterocycles. The summed E-state index contributed by atoms with van der Waals surface area (Å²) in [6.07, 6.45) is -4.44. The van der Waals surface area contributed by atoms with Crippen LogP contribution in [0.2, 0.25) is 0 Å². The number of anilines is 2. The van der Waals surface area contributed by atoms with Gasteiger partial charge in [-0.15, -0.1) is 0 Å². The van der Waals surface area contributed by atoms with E-state index in [1.165, 1.54) is 6.07 Å². The fraction of sp³-hybridized carbons (Fsp3) is 0.0500. The van der Waals surface area contributed by atoms with Gasteiger partial charge in [-0.1, -0.05) is 42.5 Å². The SMILES string of the molecule is O=C(Nc1ccc(C(F)(F)F)cc1)Nc1cccc(-c2ccccc2)c1O. The van der Waals surface area contributed by atoms with Crippen LogP contribution in [-0.4, -0.2) is 11.1 Å². The number of hydrogen-bond donors (Lipinski definition) is 3. The third-order valence-electron chi connectivity index (χ3n) is 3.84. The second kappa shape index (κ2) is 7.41. The van der Waals surface area contributed by atoms with Crippen molar-refractivity contribution >= 4 is 17.4 Å². The molecule has 0 radical (unpaired) electrons. The minimum atomic E-state index is -4.44. The summed E-state index contributed by atoms with van der Waals surface area (Å²) in [5.74, 6) is -0.105. The summed E-state index contributed by atoms with van der Waals surface area (Å²) >= 11 is 0. The molecule has 3 aromatic carbocycles. The minimum Gasteiger partial charge on any atom is -0.505 e. The van der Waals surface area contributed by atoms with E-state index < -0.39 is 17.8 Å². The summed E-state index contributed by atoms with van der Waals surface area (Å²) in [4.78, 5) is 12.1. The second-order valence-electron chi connectivity index (χ2n) is 5.72. The summed E-state index contributed by atoms with van der Waals surface area (Å²) in [5, 5.41) is 15.3. The normalized spacial score (nSPS) is 11.1. The average Bonchev–Trinajstić information content (AvgIpc) is 2.64. The molecule has 0 unspecified atom stereocenters. The molecule has 0 aromatic heterocycles. The Labute approximate surface area is 153 Å². The number of phenolic OH excluding ortho intramolecular Hbond substituents is 1.